The molecule has 1 aliphatic rings. The Morgan fingerprint density at radius 1 is 1.30 bits per heavy atom. The molecule has 0 spiro atoms. The maximum Gasteiger partial charge on any atom is 0.0423 e. The van der Waals surface area contributed by atoms with E-state index in [0.717, 1.165) is 24.1 Å². The maximum atomic E-state index is 3.62. The van der Waals surface area contributed by atoms with Gasteiger partial charge in [-0.2, -0.15) is 0 Å². The third kappa shape index (κ3) is 4.23. The van der Waals surface area contributed by atoms with Gasteiger partial charge >= 0.3 is 0 Å². The summed E-state index contributed by atoms with van der Waals surface area (Å²) in [6, 6.07) is 6.65. The van der Waals surface area contributed by atoms with Gasteiger partial charge in [-0.1, -0.05) is 35.8 Å². The van der Waals surface area contributed by atoms with Gasteiger partial charge in [0.1, 0.15) is 0 Å². The standard InChI is InChI=1S/C17H27BrN2/c1-16(2,3)19-11-13-6-7-14(18)10-15(13)20-9-8-17(4,5)12-20/h6-7,10,19H,8-9,11-12H2,1-5H3. The zero-order valence-corrected chi connectivity index (χ0v) is 15.0. The molecule has 0 bridgehead atoms. The first-order valence-corrected chi connectivity index (χ1v) is 8.24. The van der Waals surface area contributed by atoms with Gasteiger partial charge in [-0.3, -0.25) is 0 Å². The molecule has 1 aliphatic heterocycles. The first-order chi connectivity index (χ1) is 9.16. The average Bonchev–Trinajstić information content (AvgIpc) is 2.67. The van der Waals surface area contributed by atoms with Crippen LogP contribution in [0, 0.1) is 5.41 Å². The normalized spacial score (nSPS) is 18.6. The Hall–Kier alpha value is -0.540. The molecule has 0 amide bonds. The second kappa shape index (κ2) is 5.69. The number of hydrogen-bond acceptors (Lipinski definition) is 2. The molecule has 0 unspecified atom stereocenters. The van der Waals surface area contributed by atoms with Crippen LogP contribution in [0.25, 0.3) is 0 Å². The summed E-state index contributed by atoms with van der Waals surface area (Å²) in [5.41, 5.74) is 3.34. The molecule has 1 N–H and O–H groups in total. The van der Waals surface area contributed by atoms with Crippen LogP contribution in [-0.2, 0) is 6.54 Å². The number of benzene rings is 1. The molecular weight excluding hydrogens is 312 g/mol. The van der Waals surface area contributed by atoms with Crippen LogP contribution in [0.5, 0.6) is 0 Å². The maximum absolute atomic E-state index is 3.62. The van der Waals surface area contributed by atoms with E-state index < -0.39 is 0 Å². The zero-order chi connectivity index (χ0) is 15.0. The highest BCUT2D eigenvalue weighted by Crippen LogP contribution is 2.35. The van der Waals surface area contributed by atoms with E-state index in [4.69, 9.17) is 0 Å². The van der Waals surface area contributed by atoms with E-state index in [0.29, 0.717) is 5.41 Å². The van der Waals surface area contributed by atoms with Crippen molar-refractivity contribution in [2.24, 2.45) is 5.41 Å². The summed E-state index contributed by atoms with van der Waals surface area (Å²) in [5.74, 6) is 0. The number of hydrogen-bond donors (Lipinski definition) is 1. The molecule has 112 valence electrons. The SMILES string of the molecule is CC1(C)CCN(c2cc(Br)ccc2CNC(C)(C)C)C1. The summed E-state index contributed by atoms with van der Waals surface area (Å²) in [6.45, 7) is 14.6. The Labute approximate surface area is 132 Å². The number of nitrogens with zero attached hydrogens (tertiary/aromatic N) is 1. The first kappa shape index (κ1) is 15.8. The van der Waals surface area contributed by atoms with Crippen molar-refractivity contribution < 1.29 is 0 Å². The molecular formula is C17H27BrN2. The first-order valence-electron chi connectivity index (χ1n) is 7.45. The van der Waals surface area contributed by atoms with E-state index in [2.05, 4.69) is 79.0 Å². The fourth-order valence-corrected chi connectivity index (χ4v) is 3.01. The molecule has 20 heavy (non-hydrogen) atoms. The van der Waals surface area contributed by atoms with Crippen LogP contribution in [0.2, 0.25) is 0 Å². The molecule has 1 heterocycles. The second-order valence-corrected chi connectivity index (χ2v) is 8.63. The van der Waals surface area contributed by atoms with E-state index in [-0.39, 0.29) is 5.54 Å². The second-order valence-electron chi connectivity index (χ2n) is 7.71. The number of nitrogens with one attached hydrogen (secondary N) is 1. The predicted molar refractivity (Wildman–Crippen MR) is 91.3 cm³/mol. The van der Waals surface area contributed by atoms with Crippen molar-refractivity contribution >= 4 is 21.6 Å². The lowest BCUT2D eigenvalue weighted by atomic mass is 9.93. The van der Waals surface area contributed by atoms with E-state index >= 15 is 0 Å². The minimum Gasteiger partial charge on any atom is -0.371 e. The van der Waals surface area contributed by atoms with Crippen LogP contribution < -0.4 is 10.2 Å². The van der Waals surface area contributed by atoms with Crippen molar-refractivity contribution in [3.05, 3.63) is 28.2 Å². The minimum atomic E-state index is 0.147. The van der Waals surface area contributed by atoms with Gasteiger partial charge in [0.15, 0.2) is 0 Å². The zero-order valence-electron chi connectivity index (χ0n) is 13.4. The third-order valence-corrected chi connectivity index (χ3v) is 4.37. The Balaban J connectivity index is 2.20. The molecule has 1 fully saturated rings. The lowest BCUT2D eigenvalue weighted by Gasteiger charge is -2.27. The highest BCUT2D eigenvalue weighted by Gasteiger charge is 2.30. The number of rotatable bonds is 3. The van der Waals surface area contributed by atoms with Crippen molar-refractivity contribution in [2.45, 2.75) is 53.1 Å². The summed E-state index contributed by atoms with van der Waals surface area (Å²) in [5, 5.41) is 3.60. The summed E-state index contributed by atoms with van der Waals surface area (Å²) in [4.78, 5) is 2.53. The van der Waals surface area contributed by atoms with Gasteiger partial charge in [0.25, 0.3) is 0 Å². The predicted octanol–water partition coefficient (Wildman–Crippen LogP) is 4.57. The van der Waals surface area contributed by atoms with Gasteiger partial charge in [0.05, 0.1) is 0 Å². The van der Waals surface area contributed by atoms with Crippen LogP contribution in [0.15, 0.2) is 22.7 Å². The fourth-order valence-electron chi connectivity index (χ4n) is 2.66. The highest BCUT2D eigenvalue weighted by molar-refractivity contribution is 9.10. The summed E-state index contributed by atoms with van der Waals surface area (Å²) < 4.78 is 1.16. The van der Waals surface area contributed by atoms with Crippen LogP contribution in [0.3, 0.4) is 0 Å². The van der Waals surface area contributed by atoms with E-state index in [1.165, 1.54) is 17.7 Å². The van der Waals surface area contributed by atoms with E-state index in [1.54, 1.807) is 0 Å². The summed E-state index contributed by atoms with van der Waals surface area (Å²) in [7, 11) is 0. The Morgan fingerprint density at radius 3 is 2.55 bits per heavy atom. The molecule has 1 aromatic rings. The van der Waals surface area contributed by atoms with Crippen molar-refractivity contribution in [3.63, 3.8) is 0 Å². The van der Waals surface area contributed by atoms with Gasteiger partial charge < -0.3 is 10.2 Å². The monoisotopic (exact) mass is 338 g/mol. The van der Waals surface area contributed by atoms with Crippen LogP contribution in [-0.4, -0.2) is 18.6 Å². The van der Waals surface area contributed by atoms with E-state index in [1.807, 2.05) is 0 Å². The van der Waals surface area contributed by atoms with Crippen LogP contribution in [0.1, 0.15) is 46.6 Å². The number of halogens is 1. The molecule has 0 aliphatic carbocycles. The Morgan fingerprint density at radius 2 is 2.00 bits per heavy atom. The summed E-state index contributed by atoms with van der Waals surface area (Å²) in [6.07, 6.45) is 1.27. The Kier molecular flexibility index (Phi) is 4.50. The van der Waals surface area contributed by atoms with Gasteiger partial charge in [-0.25, -0.2) is 0 Å². The molecule has 1 aromatic carbocycles. The average molecular weight is 339 g/mol. The lowest BCUT2D eigenvalue weighted by Crippen LogP contribution is -2.35. The molecule has 0 atom stereocenters. The van der Waals surface area contributed by atoms with E-state index in [9.17, 15) is 0 Å². The van der Waals surface area contributed by atoms with Crippen LogP contribution >= 0.6 is 15.9 Å². The quantitative estimate of drug-likeness (QED) is 0.868. The largest absolute Gasteiger partial charge is 0.371 e. The van der Waals surface area contributed by atoms with Crippen molar-refractivity contribution in [3.8, 4) is 0 Å². The molecule has 1 saturated heterocycles. The molecule has 0 aromatic heterocycles. The fraction of sp³-hybridized carbons (Fsp3) is 0.647. The molecule has 0 radical (unpaired) electrons. The van der Waals surface area contributed by atoms with Gasteiger partial charge in [-0.05, 0) is 50.3 Å². The van der Waals surface area contributed by atoms with Crippen molar-refractivity contribution in [1.29, 1.82) is 0 Å². The third-order valence-electron chi connectivity index (χ3n) is 3.87. The molecule has 3 heteroatoms. The topological polar surface area (TPSA) is 15.3 Å². The smallest absolute Gasteiger partial charge is 0.0423 e. The van der Waals surface area contributed by atoms with Gasteiger partial charge in [-0.15, -0.1) is 0 Å². The van der Waals surface area contributed by atoms with Crippen LogP contribution in [0.4, 0.5) is 5.69 Å². The lowest BCUT2D eigenvalue weighted by molar-refractivity contribution is 0.417. The Bertz CT molecular complexity index is 474. The number of anilines is 1. The van der Waals surface area contributed by atoms with Gasteiger partial charge in [0.2, 0.25) is 0 Å². The minimum absolute atomic E-state index is 0.147. The highest BCUT2D eigenvalue weighted by atomic mass is 79.9. The summed E-state index contributed by atoms with van der Waals surface area (Å²) >= 11 is 3.62. The van der Waals surface area contributed by atoms with Crippen molar-refractivity contribution in [2.75, 3.05) is 18.0 Å². The molecule has 2 nitrogen and oxygen atoms in total. The molecule has 0 saturated carbocycles. The van der Waals surface area contributed by atoms with Crippen molar-refractivity contribution in [1.82, 2.24) is 5.32 Å². The molecule has 2 rings (SSSR count). The van der Waals surface area contributed by atoms with Gasteiger partial charge in [0, 0.05) is 35.3 Å².